The first-order valence-electron chi connectivity index (χ1n) is 7.27. The van der Waals surface area contributed by atoms with E-state index in [1.807, 2.05) is 12.1 Å². The summed E-state index contributed by atoms with van der Waals surface area (Å²) in [7, 11) is 1.39. The molecule has 1 aliphatic rings. The molecule has 0 atom stereocenters. The van der Waals surface area contributed by atoms with Crippen LogP contribution >= 0.6 is 22.9 Å². The Morgan fingerprint density at radius 2 is 2.17 bits per heavy atom. The van der Waals surface area contributed by atoms with Gasteiger partial charge in [-0.25, -0.2) is 4.79 Å². The van der Waals surface area contributed by atoms with E-state index in [2.05, 4.69) is 18.2 Å². The standard InChI is InChI=1S/C17H16ClNO3S/c1-22-17(21)15-9-13-8-12(2-3-14(13)23-15)11-4-6-19(7-5-11)16(20)10-18/h2-4,8-9H,5-7,10H2,1H3. The summed E-state index contributed by atoms with van der Waals surface area (Å²) in [6, 6.07) is 8.04. The van der Waals surface area contributed by atoms with Gasteiger partial charge in [0.15, 0.2) is 0 Å². The maximum atomic E-state index is 11.6. The average molecular weight is 350 g/mol. The zero-order valence-corrected chi connectivity index (χ0v) is 14.2. The molecule has 4 nitrogen and oxygen atoms in total. The first-order chi connectivity index (χ1) is 11.1. The number of esters is 1. The van der Waals surface area contributed by atoms with E-state index in [4.69, 9.17) is 16.3 Å². The van der Waals surface area contributed by atoms with Gasteiger partial charge in [-0.3, -0.25) is 4.79 Å². The highest BCUT2D eigenvalue weighted by molar-refractivity contribution is 7.20. The lowest BCUT2D eigenvalue weighted by atomic mass is 9.98. The second kappa shape index (κ2) is 6.72. The number of nitrogens with zero attached hydrogens (tertiary/aromatic N) is 1. The Balaban J connectivity index is 1.85. The third-order valence-electron chi connectivity index (χ3n) is 3.95. The second-order valence-electron chi connectivity index (χ2n) is 5.31. The molecule has 1 aliphatic heterocycles. The van der Waals surface area contributed by atoms with E-state index < -0.39 is 0 Å². The Kier molecular flexibility index (Phi) is 4.68. The molecule has 6 heteroatoms. The van der Waals surface area contributed by atoms with Crippen LogP contribution in [0.1, 0.15) is 21.7 Å². The lowest BCUT2D eigenvalue weighted by Crippen LogP contribution is -2.35. The summed E-state index contributed by atoms with van der Waals surface area (Å²) < 4.78 is 5.83. The van der Waals surface area contributed by atoms with E-state index in [1.54, 1.807) is 4.90 Å². The van der Waals surface area contributed by atoms with Crippen LogP contribution in [0.2, 0.25) is 0 Å². The largest absolute Gasteiger partial charge is 0.465 e. The van der Waals surface area contributed by atoms with Crippen LogP contribution in [-0.2, 0) is 9.53 Å². The van der Waals surface area contributed by atoms with E-state index in [9.17, 15) is 9.59 Å². The fourth-order valence-electron chi connectivity index (χ4n) is 2.69. The van der Waals surface area contributed by atoms with E-state index in [0.717, 1.165) is 22.1 Å². The highest BCUT2D eigenvalue weighted by Crippen LogP contribution is 2.31. The molecule has 3 rings (SSSR count). The Morgan fingerprint density at radius 1 is 1.35 bits per heavy atom. The number of thiophene rings is 1. The van der Waals surface area contributed by atoms with Gasteiger partial charge in [0.1, 0.15) is 10.8 Å². The van der Waals surface area contributed by atoms with Crippen molar-refractivity contribution in [2.75, 3.05) is 26.1 Å². The molecule has 120 valence electrons. The lowest BCUT2D eigenvalue weighted by molar-refractivity contribution is -0.128. The SMILES string of the molecule is COC(=O)c1cc2cc(C3=CCN(C(=O)CCl)CC3)ccc2s1. The number of carbonyl (C=O) groups is 2. The van der Waals surface area contributed by atoms with Crippen molar-refractivity contribution in [3.8, 4) is 0 Å². The molecule has 0 saturated carbocycles. The number of methoxy groups -OCH3 is 1. The molecule has 1 amide bonds. The monoisotopic (exact) mass is 349 g/mol. The number of alkyl halides is 1. The number of ether oxygens (including phenoxy) is 1. The van der Waals surface area contributed by atoms with Gasteiger partial charge in [-0.1, -0.05) is 12.1 Å². The number of benzene rings is 1. The first kappa shape index (κ1) is 16.0. The van der Waals surface area contributed by atoms with Gasteiger partial charge in [-0.05, 0) is 41.1 Å². The number of hydrogen-bond donors (Lipinski definition) is 0. The van der Waals surface area contributed by atoms with Crippen molar-refractivity contribution in [3.63, 3.8) is 0 Å². The third kappa shape index (κ3) is 3.26. The predicted molar refractivity (Wildman–Crippen MR) is 93.1 cm³/mol. The Morgan fingerprint density at radius 3 is 2.83 bits per heavy atom. The van der Waals surface area contributed by atoms with Crippen molar-refractivity contribution in [2.24, 2.45) is 0 Å². The minimum absolute atomic E-state index is 0.0281. The van der Waals surface area contributed by atoms with Crippen LogP contribution < -0.4 is 0 Å². The van der Waals surface area contributed by atoms with Gasteiger partial charge < -0.3 is 9.64 Å². The molecule has 2 heterocycles. The highest BCUT2D eigenvalue weighted by Gasteiger charge is 2.17. The minimum atomic E-state index is -0.306. The molecule has 1 aromatic carbocycles. The molecule has 0 spiro atoms. The van der Waals surface area contributed by atoms with Crippen LogP contribution in [0.25, 0.3) is 15.7 Å². The van der Waals surface area contributed by atoms with Crippen LogP contribution in [-0.4, -0.2) is 42.9 Å². The number of amides is 1. The van der Waals surface area contributed by atoms with Gasteiger partial charge in [0.25, 0.3) is 0 Å². The van der Waals surface area contributed by atoms with Crippen molar-refractivity contribution in [3.05, 3.63) is 40.8 Å². The van der Waals surface area contributed by atoms with Crippen molar-refractivity contribution in [1.29, 1.82) is 0 Å². The van der Waals surface area contributed by atoms with E-state index in [1.165, 1.54) is 24.0 Å². The first-order valence-corrected chi connectivity index (χ1v) is 8.62. The van der Waals surface area contributed by atoms with Crippen molar-refractivity contribution in [2.45, 2.75) is 6.42 Å². The maximum absolute atomic E-state index is 11.6. The average Bonchev–Trinajstić information content (AvgIpc) is 3.03. The van der Waals surface area contributed by atoms with Gasteiger partial charge in [-0.2, -0.15) is 0 Å². The smallest absolute Gasteiger partial charge is 0.348 e. The number of hydrogen-bond acceptors (Lipinski definition) is 4. The highest BCUT2D eigenvalue weighted by atomic mass is 35.5. The summed E-state index contributed by atoms with van der Waals surface area (Å²) in [5, 5.41) is 1.04. The molecule has 0 radical (unpaired) electrons. The zero-order chi connectivity index (χ0) is 16.4. The Labute approximate surface area is 143 Å². The summed E-state index contributed by atoms with van der Waals surface area (Å²) in [4.78, 5) is 25.6. The summed E-state index contributed by atoms with van der Waals surface area (Å²) in [5.74, 6) is -0.307. The topological polar surface area (TPSA) is 46.6 Å². The fraction of sp³-hybridized carbons (Fsp3) is 0.294. The van der Waals surface area contributed by atoms with Crippen molar-refractivity contribution < 1.29 is 14.3 Å². The van der Waals surface area contributed by atoms with Gasteiger partial charge in [0.05, 0.1) is 7.11 Å². The number of rotatable bonds is 3. The molecule has 0 fully saturated rings. The van der Waals surface area contributed by atoms with Crippen molar-refractivity contribution >= 4 is 50.5 Å². The Hall–Kier alpha value is -1.85. The molecule has 1 aromatic heterocycles. The van der Waals surface area contributed by atoms with Gasteiger partial charge in [0.2, 0.25) is 5.91 Å². The van der Waals surface area contributed by atoms with Crippen LogP contribution in [0.15, 0.2) is 30.3 Å². The molecule has 2 aromatic rings. The third-order valence-corrected chi connectivity index (χ3v) is 5.27. The summed E-state index contributed by atoms with van der Waals surface area (Å²) in [5.41, 5.74) is 2.35. The molecule has 0 N–H and O–H groups in total. The molecular formula is C17H16ClNO3S. The summed E-state index contributed by atoms with van der Waals surface area (Å²) >= 11 is 7.03. The quantitative estimate of drug-likeness (QED) is 0.629. The number of halogens is 1. The number of carbonyl (C=O) groups excluding carboxylic acids is 2. The molecule has 0 aliphatic carbocycles. The van der Waals surface area contributed by atoms with Crippen LogP contribution in [0.5, 0.6) is 0 Å². The maximum Gasteiger partial charge on any atom is 0.348 e. The van der Waals surface area contributed by atoms with Gasteiger partial charge in [0, 0.05) is 17.8 Å². The van der Waals surface area contributed by atoms with E-state index in [-0.39, 0.29) is 17.8 Å². The summed E-state index contributed by atoms with van der Waals surface area (Å²) in [6.07, 6.45) is 2.88. The van der Waals surface area contributed by atoms with Crippen LogP contribution in [0.3, 0.4) is 0 Å². The summed E-state index contributed by atoms with van der Waals surface area (Å²) in [6.45, 7) is 1.28. The Bertz CT molecular complexity index is 796. The van der Waals surface area contributed by atoms with Crippen LogP contribution in [0, 0.1) is 0 Å². The minimum Gasteiger partial charge on any atom is -0.465 e. The molecule has 23 heavy (non-hydrogen) atoms. The number of fused-ring (bicyclic) bond motifs is 1. The zero-order valence-electron chi connectivity index (χ0n) is 12.7. The van der Waals surface area contributed by atoms with Gasteiger partial charge >= 0.3 is 5.97 Å². The van der Waals surface area contributed by atoms with Crippen molar-refractivity contribution in [1.82, 2.24) is 4.90 Å². The van der Waals surface area contributed by atoms with E-state index >= 15 is 0 Å². The predicted octanol–water partition coefficient (Wildman–Crippen LogP) is 3.54. The molecule has 0 bridgehead atoms. The molecule has 0 saturated heterocycles. The lowest BCUT2D eigenvalue weighted by Gasteiger charge is -2.26. The fourth-order valence-corrected chi connectivity index (χ4v) is 3.82. The molecule has 0 unspecified atom stereocenters. The van der Waals surface area contributed by atoms with Crippen LogP contribution in [0.4, 0.5) is 0 Å². The molecular weight excluding hydrogens is 334 g/mol. The second-order valence-corrected chi connectivity index (χ2v) is 6.66. The van der Waals surface area contributed by atoms with E-state index in [0.29, 0.717) is 18.0 Å². The normalized spacial score (nSPS) is 14.7. The van der Waals surface area contributed by atoms with Gasteiger partial charge in [-0.15, -0.1) is 22.9 Å².